The van der Waals surface area contributed by atoms with Crippen LogP contribution in [0.5, 0.6) is 0 Å². The van der Waals surface area contributed by atoms with Crippen LogP contribution in [0.2, 0.25) is 0 Å². The van der Waals surface area contributed by atoms with Gasteiger partial charge in [0.2, 0.25) is 5.95 Å². The van der Waals surface area contributed by atoms with Crippen LogP contribution in [0.25, 0.3) is 5.65 Å². The number of nitrogens with one attached hydrogen (secondary N) is 2. The van der Waals surface area contributed by atoms with Crippen molar-refractivity contribution < 1.29 is 0 Å². The third-order valence-electron chi connectivity index (χ3n) is 3.50. The second kappa shape index (κ2) is 4.94. The maximum absolute atomic E-state index is 4.50. The molecule has 1 saturated heterocycles. The molecule has 2 aromatic rings. The molecule has 1 fully saturated rings. The van der Waals surface area contributed by atoms with Crippen LogP contribution >= 0.6 is 0 Å². The first-order chi connectivity index (χ1) is 8.83. The number of rotatable bonds is 4. The van der Waals surface area contributed by atoms with Crippen molar-refractivity contribution in [2.45, 2.75) is 32.2 Å². The normalized spacial score (nSPS) is 19.5. The molecule has 0 spiro atoms. The maximum Gasteiger partial charge on any atom is 0.243 e. The van der Waals surface area contributed by atoms with Crippen LogP contribution in [0, 0.1) is 6.92 Å². The Kier molecular flexibility index (Phi) is 3.15. The minimum Gasteiger partial charge on any atom is -0.353 e. The van der Waals surface area contributed by atoms with Crippen LogP contribution in [0.4, 0.5) is 5.95 Å². The summed E-state index contributed by atoms with van der Waals surface area (Å²) < 4.78 is 1.82. The van der Waals surface area contributed by atoms with E-state index in [1.807, 2.05) is 16.8 Å². The van der Waals surface area contributed by atoms with Gasteiger partial charge >= 0.3 is 0 Å². The Bertz CT molecular complexity index is 527. The summed E-state index contributed by atoms with van der Waals surface area (Å²) >= 11 is 0. The molecule has 5 heteroatoms. The average Bonchev–Trinajstić information content (AvgIpc) is 2.98. The molecule has 18 heavy (non-hydrogen) atoms. The molecule has 5 nitrogen and oxygen atoms in total. The van der Waals surface area contributed by atoms with Crippen molar-refractivity contribution >= 4 is 11.6 Å². The third-order valence-corrected chi connectivity index (χ3v) is 3.50. The number of hydrogen-bond donors (Lipinski definition) is 2. The second-order valence-corrected chi connectivity index (χ2v) is 4.90. The van der Waals surface area contributed by atoms with E-state index in [4.69, 9.17) is 0 Å². The molecule has 0 aliphatic carbocycles. The van der Waals surface area contributed by atoms with Gasteiger partial charge in [-0.25, -0.2) is 4.52 Å². The standard InChI is InChI=1S/C13H19N5/c1-10-4-3-9-18-12(10)16-13(17-18)15-8-6-11-5-2-7-14-11/h3-4,9,11,14H,2,5-8H2,1H3,(H,15,17)/t11-/m1/s1. The van der Waals surface area contributed by atoms with Crippen LogP contribution in [-0.2, 0) is 0 Å². The smallest absolute Gasteiger partial charge is 0.243 e. The number of fused-ring (bicyclic) bond motifs is 1. The highest BCUT2D eigenvalue weighted by molar-refractivity contribution is 5.49. The van der Waals surface area contributed by atoms with Gasteiger partial charge in [-0.05, 0) is 44.4 Å². The third kappa shape index (κ3) is 2.31. The summed E-state index contributed by atoms with van der Waals surface area (Å²) in [5.41, 5.74) is 2.08. The van der Waals surface area contributed by atoms with Gasteiger partial charge < -0.3 is 10.6 Å². The molecule has 3 rings (SSSR count). The second-order valence-electron chi connectivity index (χ2n) is 4.90. The van der Waals surface area contributed by atoms with Crippen molar-refractivity contribution in [1.29, 1.82) is 0 Å². The first-order valence-electron chi connectivity index (χ1n) is 6.62. The highest BCUT2D eigenvalue weighted by atomic mass is 15.3. The number of nitrogens with zero attached hydrogens (tertiary/aromatic N) is 3. The van der Waals surface area contributed by atoms with Crippen molar-refractivity contribution in [2.24, 2.45) is 0 Å². The molecule has 0 unspecified atom stereocenters. The van der Waals surface area contributed by atoms with Gasteiger partial charge in [0.05, 0.1) is 0 Å². The van der Waals surface area contributed by atoms with Gasteiger partial charge in [0.1, 0.15) is 0 Å². The fourth-order valence-electron chi connectivity index (χ4n) is 2.48. The van der Waals surface area contributed by atoms with E-state index in [-0.39, 0.29) is 0 Å². The summed E-state index contributed by atoms with van der Waals surface area (Å²) in [6.45, 7) is 4.14. The lowest BCUT2D eigenvalue weighted by Gasteiger charge is -2.09. The first kappa shape index (κ1) is 11.5. The van der Waals surface area contributed by atoms with E-state index in [1.54, 1.807) is 0 Å². The van der Waals surface area contributed by atoms with E-state index in [9.17, 15) is 0 Å². The Morgan fingerprint density at radius 3 is 3.28 bits per heavy atom. The molecule has 1 atom stereocenters. The summed E-state index contributed by atoms with van der Waals surface area (Å²) in [6, 6.07) is 4.70. The zero-order chi connectivity index (χ0) is 12.4. The van der Waals surface area contributed by atoms with E-state index in [2.05, 4.69) is 33.7 Å². The van der Waals surface area contributed by atoms with Gasteiger partial charge in [0.25, 0.3) is 0 Å². The Morgan fingerprint density at radius 1 is 1.56 bits per heavy atom. The van der Waals surface area contributed by atoms with Crippen molar-refractivity contribution in [3.05, 3.63) is 23.9 Å². The molecule has 3 heterocycles. The Labute approximate surface area is 107 Å². The zero-order valence-corrected chi connectivity index (χ0v) is 10.7. The van der Waals surface area contributed by atoms with Gasteiger partial charge in [0, 0.05) is 18.8 Å². The van der Waals surface area contributed by atoms with E-state index in [0.29, 0.717) is 6.04 Å². The van der Waals surface area contributed by atoms with Crippen LogP contribution in [-0.4, -0.2) is 33.7 Å². The van der Waals surface area contributed by atoms with Gasteiger partial charge in [-0.1, -0.05) is 6.07 Å². The molecule has 0 saturated carbocycles. The lowest BCUT2D eigenvalue weighted by atomic mass is 10.2. The summed E-state index contributed by atoms with van der Waals surface area (Å²) in [7, 11) is 0. The molecule has 0 bridgehead atoms. The van der Waals surface area contributed by atoms with Gasteiger partial charge in [-0.3, -0.25) is 0 Å². The highest BCUT2D eigenvalue weighted by Crippen LogP contribution is 2.11. The largest absolute Gasteiger partial charge is 0.353 e. The molecule has 0 radical (unpaired) electrons. The average molecular weight is 245 g/mol. The minimum absolute atomic E-state index is 0.663. The first-order valence-corrected chi connectivity index (χ1v) is 6.62. The molecule has 0 aromatic carbocycles. The molecule has 0 amide bonds. The Hall–Kier alpha value is -1.62. The van der Waals surface area contributed by atoms with Gasteiger partial charge in [0.15, 0.2) is 5.65 Å². The highest BCUT2D eigenvalue weighted by Gasteiger charge is 2.13. The topological polar surface area (TPSA) is 54.2 Å². The van der Waals surface area contributed by atoms with Crippen LogP contribution in [0.15, 0.2) is 18.3 Å². The zero-order valence-electron chi connectivity index (χ0n) is 10.7. The summed E-state index contributed by atoms with van der Waals surface area (Å²) in [5, 5.41) is 11.2. The Morgan fingerprint density at radius 2 is 2.50 bits per heavy atom. The van der Waals surface area contributed by atoms with Crippen molar-refractivity contribution in [2.75, 3.05) is 18.4 Å². The number of aryl methyl sites for hydroxylation is 1. The quantitative estimate of drug-likeness (QED) is 0.859. The molecule has 1 aliphatic heterocycles. The van der Waals surface area contributed by atoms with E-state index >= 15 is 0 Å². The predicted molar refractivity (Wildman–Crippen MR) is 71.9 cm³/mol. The van der Waals surface area contributed by atoms with Crippen molar-refractivity contribution in [1.82, 2.24) is 19.9 Å². The van der Waals surface area contributed by atoms with E-state index < -0.39 is 0 Å². The van der Waals surface area contributed by atoms with E-state index in [0.717, 1.165) is 36.7 Å². The minimum atomic E-state index is 0.663. The van der Waals surface area contributed by atoms with Crippen LogP contribution < -0.4 is 10.6 Å². The molecular formula is C13H19N5. The number of pyridine rings is 1. The maximum atomic E-state index is 4.50. The van der Waals surface area contributed by atoms with E-state index in [1.165, 1.54) is 12.8 Å². The molecule has 2 aromatic heterocycles. The number of hydrogen-bond acceptors (Lipinski definition) is 4. The number of anilines is 1. The SMILES string of the molecule is Cc1cccn2nc(NCC[C@H]3CCCN3)nc12. The summed E-state index contributed by atoms with van der Waals surface area (Å²) in [4.78, 5) is 4.50. The monoisotopic (exact) mass is 245 g/mol. The molecule has 2 N–H and O–H groups in total. The van der Waals surface area contributed by atoms with Crippen molar-refractivity contribution in [3.8, 4) is 0 Å². The Balaban J connectivity index is 1.62. The fraction of sp³-hybridized carbons (Fsp3) is 0.538. The molecular weight excluding hydrogens is 226 g/mol. The lowest BCUT2D eigenvalue weighted by molar-refractivity contribution is 0.573. The van der Waals surface area contributed by atoms with Crippen LogP contribution in [0.3, 0.4) is 0 Å². The van der Waals surface area contributed by atoms with Crippen molar-refractivity contribution in [3.63, 3.8) is 0 Å². The summed E-state index contributed by atoms with van der Waals surface area (Å²) in [5.74, 6) is 0.724. The molecule has 1 aliphatic rings. The van der Waals surface area contributed by atoms with Gasteiger partial charge in [-0.15, -0.1) is 5.10 Å². The predicted octanol–water partition coefficient (Wildman–Crippen LogP) is 1.59. The molecule has 96 valence electrons. The van der Waals surface area contributed by atoms with Gasteiger partial charge in [-0.2, -0.15) is 4.98 Å². The lowest BCUT2D eigenvalue weighted by Crippen LogP contribution is -2.24. The summed E-state index contributed by atoms with van der Waals surface area (Å²) in [6.07, 6.45) is 5.66. The number of aromatic nitrogens is 3. The van der Waals surface area contributed by atoms with Crippen LogP contribution in [0.1, 0.15) is 24.8 Å². The fourth-order valence-corrected chi connectivity index (χ4v) is 2.48.